The molecule has 7 heteroatoms. The van der Waals surface area contributed by atoms with E-state index in [1.165, 1.54) is 26.4 Å². The average Bonchev–Trinajstić information content (AvgIpc) is 2.44. The molecule has 0 aliphatic rings. The molecule has 19 heavy (non-hydrogen) atoms. The van der Waals surface area contributed by atoms with E-state index in [1.54, 1.807) is 0 Å². The second-order valence-electron chi connectivity index (χ2n) is 3.76. The quantitative estimate of drug-likeness (QED) is 0.414. The van der Waals surface area contributed by atoms with E-state index in [0.717, 1.165) is 0 Å². The Labute approximate surface area is 115 Å². The third kappa shape index (κ3) is 3.90. The van der Waals surface area contributed by atoms with Crippen molar-refractivity contribution in [2.75, 3.05) is 32.0 Å². The highest BCUT2D eigenvalue weighted by Gasteiger charge is 2.15. The maximum absolute atomic E-state index is 11.5. The van der Waals surface area contributed by atoms with Crippen molar-refractivity contribution in [3.63, 3.8) is 0 Å². The van der Waals surface area contributed by atoms with Crippen LogP contribution in [0.3, 0.4) is 0 Å². The molecule has 0 saturated carbocycles. The van der Waals surface area contributed by atoms with Gasteiger partial charge in [-0.1, -0.05) is 0 Å². The first kappa shape index (κ1) is 15.4. The van der Waals surface area contributed by atoms with Gasteiger partial charge in [-0.15, -0.1) is 11.6 Å². The van der Waals surface area contributed by atoms with Crippen LogP contribution in [0.4, 0.5) is 5.69 Å². The normalized spacial score (nSPS) is 11.8. The molecule has 1 aromatic rings. The fourth-order valence-electron chi connectivity index (χ4n) is 1.42. The van der Waals surface area contributed by atoms with Crippen molar-refractivity contribution in [1.29, 1.82) is 0 Å². The maximum atomic E-state index is 11.5. The summed E-state index contributed by atoms with van der Waals surface area (Å²) in [4.78, 5) is 11.5. The van der Waals surface area contributed by atoms with E-state index in [2.05, 4.69) is 10.1 Å². The summed E-state index contributed by atoms with van der Waals surface area (Å²) in [5.74, 6) is -0.524. The summed E-state index contributed by atoms with van der Waals surface area (Å²) in [6, 6.07) is 2.77. The number of halogens is 1. The number of hydrogen-bond acceptors (Lipinski definition) is 6. The van der Waals surface area contributed by atoms with Crippen LogP contribution in [0.5, 0.6) is 11.5 Å². The van der Waals surface area contributed by atoms with E-state index >= 15 is 0 Å². The predicted molar refractivity (Wildman–Crippen MR) is 71.2 cm³/mol. The highest BCUT2D eigenvalue weighted by molar-refractivity contribution is 6.18. The second-order valence-corrected chi connectivity index (χ2v) is 4.06. The molecule has 3 N–H and O–H groups in total. The smallest absolute Gasteiger partial charge is 0.338 e. The van der Waals surface area contributed by atoms with Crippen molar-refractivity contribution < 1.29 is 24.5 Å². The van der Waals surface area contributed by atoms with Crippen LogP contribution in [0, 0.1) is 0 Å². The first-order chi connectivity index (χ1) is 9.03. The largest absolute Gasteiger partial charge is 0.503 e. The van der Waals surface area contributed by atoms with Crippen molar-refractivity contribution in [1.82, 2.24) is 0 Å². The van der Waals surface area contributed by atoms with E-state index in [1.807, 2.05) is 0 Å². The Morgan fingerprint density at radius 2 is 2.16 bits per heavy atom. The molecule has 0 bridgehead atoms. The summed E-state index contributed by atoms with van der Waals surface area (Å²) in [6.07, 6.45) is -0.770. The zero-order valence-electron chi connectivity index (χ0n) is 10.6. The van der Waals surface area contributed by atoms with Gasteiger partial charge in [0.05, 0.1) is 37.5 Å². The number of methoxy groups -OCH3 is 2. The molecule has 1 unspecified atom stereocenters. The molecular weight excluding hydrogens is 274 g/mol. The molecule has 1 rings (SSSR count). The lowest BCUT2D eigenvalue weighted by Crippen LogP contribution is -2.21. The van der Waals surface area contributed by atoms with Crippen LogP contribution in [-0.4, -0.2) is 48.9 Å². The Bertz CT molecular complexity index is 452. The minimum Gasteiger partial charge on any atom is -0.503 e. The molecule has 0 radical (unpaired) electrons. The van der Waals surface area contributed by atoms with Gasteiger partial charge in [0.15, 0.2) is 11.5 Å². The van der Waals surface area contributed by atoms with Gasteiger partial charge in [0.2, 0.25) is 0 Å². The van der Waals surface area contributed by atoms with Gasteiger partial charge < -0.3 is 25.0 Å². The Morgan fingerprint density at radius 3 is 2.68 bits per heavy atom. The lowest BCUT2D eigenvalue weighted by Gasteiger charge is -2.14. The first-order valence-corrected chi connectivity index (χ1v) is 6.04. The van der Waals surface area contributed by atoms with E-state index in [0.29, 0.717) is 0 Å². The lowest BCUT2D eigenvalue weighted by atomic mass is 10.1. The van der Waals surface area contributed by atoms with Crippen LogP contribution in [0.2, 0.25) is 0 Å². The zero-order chi connectivity index (χ0) is 14.4. The number of phenols is 1. The van der Waals surface area contributed by atoms with Crippen molar-refractivity contribution in [3.05, 3.63) is 17.7 Å². The maximum Gasteiger partial charge on any atom is 0.338 e. The van der Waals surface area contributed by atoms with Gasteiger partial charge in [-0.3, -0.25) is 0 Å². The van der Waals surface area contributed by atoms with E-state index < -0.39 is 12.1 Å². The van der Waals surface area contributed by atoms with Crippen molar-refractivity contribution in [2.45, 2.75) is 6.10 Å². The van der Waals surface area contributed by atoms with Crippen LogP contribution in [-0.2, 0) is 4.74 Å². The molecule has 0 fully saturated rings. The third-order valence-corrected chi connectivity index (χ3v) is 2.78. The molecule has 0 aliphatic carbocycles. The Balaban J connectivity index is 3.04. The molecule has 1 aromatic carbocycles. The van der Waals surface area contributed by atoms with Gasteiger partial charge >= 0.3 is 5.97 Å². The minimum absolute atomic E-state index is 0.0571. The average molecular weight is 290 g/mol. The van der Waals surface area contributed by atoms with Crippen molar-refractivity contribution in [2.24, 2.45) is 0 Å². The highest BCUT2D eigenvalue weighted by atomic mass is 35.5. The topological polar surface area (TPSA) is 88.0 Å². The fraction of sp³-hybridized carbons (Fsp3) is 0.417. The Morgan fingerprint density at radius 1 is 1.47 bits per heavy atom. The van der Waals surface area contributed by atoms with Crippen LogP contribution < -0.4 is 10.1 Å². The third-order valence-electron chi connectivity index (χ3n) is 2.42. The number of anilines is 1. The van der Waals surface area contributed by atoms with Crippen LogP contribution in [0.25, 0.3) is 0 Å². The summed E-state index contributed by atoms with van der Waals surface area (Å²) >= 11 is 5.47. The van der Waals surface area contributed by atoms with Gasteiger partial charge in [-0.2, -0.15) is 0 Å². The number of esters is 1. The zero-order valence-corrected chi connectivity index (χ0v) is 11.4. The monoisotopic (exact) mass is 289 g/mol. The Hall–Kier alpha value is -1.66. The molecule has 0 saturated heterocycles. The molecule has 6 nitrogen and oxygen atoms in total. The number of alkyl halides is 1. The molecule has 0 amide bonds. The number of hydrogen-bond donors (Lipinski definition) is 3. The van der Waals surface area contributed by atoms with Gasteiger partial charge in [-0.05, 0) is 12.1 Å². The number of carbonyl (C=O) groups is 1. The minimum atomic E-state index is -0.770. The molecular formula is C12H16ClNO5. The number of carbonyl (C=O) groups excluding carboxylic acids is 1. The second kappa shape index (κ2) is 7.06. The Kier molecular flexibility index (Phi) is 5.72. The summed E-state index contributed by atoms with van der Waals surface area (Å²) in [5.41, 5.74) is 0.476. The number of phenolic OH excluding ortho intramolecular Hbond substituents is 1. The predicted octanol–water partition coefficient (Wildman–Crippen LogP) is 1.20. The van der Waals surface area contributed by atoms with Crippen LogP contribution >= 0.6 is 11.6 Å². The van der Waals surface area contributed by atoms with Gasteiger partial charge in [0.25, 0.3) is 0 Å². The number of aliphatic hydroxyl groups is 1. The first-order valence-electron chi connectivity index (χ1n) is 5.50. The summed E-state index contributed by atoms with van der Waals surface area (Å²) in [7, 11) is 2.62. The van der Waals surface area contributed by atoms with Crippen LogP contribution in [0.15, 0.2) is 12.1 Å². The van der Waals surface area contributed by atoms with Crippen molar-refractivity contribution in [3.8, 4) is 11.5 Å². The molecule has 0 heterocycles. The summed E-state index contributed by atoms with van der Waals surface area (Å²) in [5, 5.41) is 22.0. The number of ether oxygens (including phenoxy) is 2. The lowest BCUT2D eigenvalue weighted by molar-refractivity contribution is 0.0600. The summed E-state index contributed by atoms with van der Waals surface area (Å²) in [6.45, 7) is 0.130. The number of benzene rings is 1. The number of aliphatic hydroxyl groups excluding tert-OH is 1. The van der Waals surface area contributed by atoms with Gasteiger partial charge in [0, 0.05) is 6.54 Å². The van der Waals surface area contributed by atoms with Crippen LogP contribution in [0.1, 0.15) is 10.4 Å². The molecule has 106 valence electrons. The molecule has 0 spiro atoms. The highest BCUT2D eigenvalue weighted by Crippen LogP contribution is 2.35. The fourth-order valence-corrected chi connectivity index (χ4v) is 1.53. The van der Waals surface area contributed by atoms with Gasteiger partial charge in [0.1, 0.15) is 0 Å². The van der Waals surface area contributed by atoms with Crippen molar-refractivity contribution >= 4 is 23.3 Å². The standard InChI is InChI=1S/C12H16ClNO5/c1-18-10-4-7(12(17)19-2)3-9(11(10)16)14-6-8(15)5-13/h3-4,8,14-16H,5-6H2,1-2H3. The van der Waals surface area contributed by atoms with E-state index in [4.69, 9.17) is 16.3 Å². The number of aromatic hydroxyl groups is 1. The molecule has 0 aromatic heterocycles. The number of rotatable bonds is 6. The SMILES string of the molecule is COC(=O)c1cc(NCC(O)CCl)c(O)c(OC)c1. The van der Waals surface area contributed by atoms with E-state index in [-0.39, 0.29) is 35.2 Å². The number of nitrogens with one attached hydrogen (secondary N) is 1. The summed E-state index contributed by atoms with van der Waals surface area (Å²) < 4.78 is 9.57. The van der Waals surface area contributed by atoms with E-state index in [9.17, 15) is 15.0 Å². The molecule has 1 atom stereocenters. The van der Waals surface area contributed by atoms with Gasteiger partial charge in [-0.25, -0.2) is 4.79 Å². The molecule has 0 aliphatic heterocycles.